The van der Waals surface area contributed by atoms with Crippen LogP contribution in [0.1, 0.15) is 66.2 Å². The van der Waals surface area contributed by atoms with Crippen LogP contribution in [0.2, 0.25) is 0 Å². The van der Waals surface area contributed by atoms with Crippen molar-refractivity contribution in [1.82, 2.24) is 0 Å². The fourth-order valence-corrected chi connectivity index (χ4v) is 2.60. The highest BCUT2D eigenvalue weighted by atomic mass is 14.3. The van der Waals surface area contributed by atoms with Gasteiger partial charge in [0.2, 0.25) is 0 Å². The van der Waals surface area contributed by atoms with E-state index in [0.717, 1.165) is 23.7 Å². The van der Waals surface area contributed by atoms with Crippen molar-refractivity contribution in [2.45, 2.75) is 66.2 Å². The molecule has 0 amide bonds. The molecule has 1 aliphatic rings. The zero-order chi connectivity index (χ0) is 10.6. The van der Waals surface area contributed by atoms with Gasteiger partial charge in [0.05, 0.1) is 0 Å². The molecule has 1 fully saturated rings. The monoisotopic (exact) mass is 196 g/mol. The molecule has 1 rings (SSSR count). The first-order valence-corrected chi connectivity index (χ1v) is 6.59. The lowest BCUT2D eigenvalue weighted by atomic mass is 9.70. The molecule has 0 radical (unpaired) electrons. The van der Waals surface area contributed by atoms with E-state index in [1.54, 1.807) is 0 Å². The van der Waals surface area contributed by atoms with Crippen molar-refractivity contribution >= 4 is 0 Å². The highest BCUT2D eigenvalue weighted by Crippen LogP contribution is 2.38. The molecule has 84 valence electrons. The Labute approximate surface area is 90.5 Å². The lowest BCUT2D eigenvalue weighted by Gasteiger charge is -2.35. The van der Waals surface area contributed by atoms with Crippen molar-refractivity contribution in [2.75, 3.05) is 0 Å². The summed E-state index contributed by atoms with van der Waals surface area (Å²) in [7, 11) is 0. The summed E-state index contributed by atoms with van der Waals surface area (Å²) < 4.78 is 0. The van der Waals surface area contributed by atoms with E-state index in [1.165, 1.54) is 38.5 Å². The first kappa shape index (κ1) is 12.1. The maximum Gasteiger partial charge on any atom is -0.0386 e. The third kappa shape index (κ3) is 4.02. The van der Waals surface area contributed by atoms with Gasteiger partial charge >= 0.3 is 0 Å². The van der Waals surface area contributed by atoms with E-state index >= 15 is 0 Å². The van der Waals surface area contributed by atoms with Crippen LogP contribution in [0.3, 0.4) is 0 Å². The third-order valence-corrected chi connectivity index (χ3v) is 3.98. The molecule has 0 aliphatic heterocycles. The first-order valence-electron chi connectivity index (χ1n) is 6.59. The summed E-state index contributed by atoms with van der Waals surface area (Å²) in [4.78, 5) is 0. The van der Waals surface area contributed by atoms with Crippen molar-refractivity contribution in [3.63, 3.8) is 0 Å². The predicted octanol–water partition coefficient (Wildman–Crippen LogP) is 4.89. The molecule has 0 nitrogen and oxygen atoms in total. The zero-order valence-corrected chi connectivity index (χ0v) is 10.6. The molecule has 0 aromatic heterocycles. The quantitative estimate of drug-likeness (QED) is 0.567. The molecule has 1 aliphatic carbocycles. The van der Waals surface area contributed by atoms with Crippen LogP contribution >= 0.6 is 0 Å². The van der Waals surface area contributed by atoms with Gasteiger partial charge in [-0.2, -0.15) is 0 Å². The van der Waals surface area contributed by atoms with Crippen molar-refractivity contribution in [3.8, 4) is 0 Å². The molecule has 1 saturated carbocycles. The van der Waals surface area contributed by atoms with Crippen molar-refractivity contribution in [3.05, 3.63) is 0 Å². The predicted molar refractivity (Wildman–Crippen MR) is 64.4 cm³/mol. The van der Waals surface area contributed by atoms with Gasteiger partial charge in [-0.05, 0) is 36.5 Å². The molecule has 0 aromatic carbocycles. The highest BCUT2D eigenvalue weighted by Gasteiger charge is 2.27. The maximum absolute atomic E-state index is 2.45. The summed E-state index contributed by atoms with van der Waals surface area (Å²) in [5.41, 5.74) is 0. The fraction of sp³-hybridized carbons (Fsp3) is 1.00. The number of rotatable bonds is 6. The second-order valence-corrected chi connectivity index (χ2v) is 5.98. The van der Waals surface area contributed by atoms with Crippen molar-refractivity contribution in [1.29, 1.82) is 0 Å². The van der Waals surface area contributed by atoms with Crippen LogP contribution in [0, 0.1) is 23.7 Å². The summed E-state index contributed by atoms with van der Waals surface area (Å²) in [5.74, 6) is 3.97. The average Bonchev–Trinajstić information content (AvgIpc) is 2.11. The Hall–Kier alpha value is 0. The molecular weight excluding hydrogens is 168 g/mol. The minimum absolute atomic E-state index is 0.893. The maximum atomic E-state index is 2.45. The Bertz CT molecular complexity index is 148. The molecule has 0 saturated heterocycles. The largest absolute Gasteiger partial charge is 0.0628 e. The van der Waals surface area contributed by atoms with Crippen molar-refractivity contribution in [2.24, 2.45) is 23.7 Å². The van der Waals surface area contributed by atoms with Gasteiger partial charge < -0.3 is 0 Å². The van der Waals surface area contributed by atoms with Crippen LogP contribution in [0.15, 0.2) is 0 Å². The van der Waals surface area contributed by atoms with Crippen LogP contribution in [0.5, 0.6) is 0 Å². The van der Waals surface area contributed by atoms with E-state index in [0.29, 0.717) is 0 Å². The molecular formula is C14H28. The second kappa shape index (κ2) is 5.78. The lowest BCUT2D eigenvalue weighted by Crippen LogP contribution is -2.24. The van der Waals surface area contributed by atoms with Crippen LogP contribution in [0.25, 0.3) is 0 Å². The zero-order valence-electron chi connectivity index (χ0n) is 10.6. The summed E-state index contributed by atoms with van der Waals surface area (Å²) in [6.07, 6.45) is 8.82. The Morgan fingerprint density at radius 3 is 2.21 bits per heavy atom. The van der Waals surface area contributed by atoms with Gasteiger partial charge in [-0.25, -0.2) is 0 Å². The molecule has 0 heteroatoms. The normalized spacial score (nSPS) is 28.9. The average molecular weight is 196 g/mol. The van der Waals surface area contributed by atoms with E-state index < -0.39 is 0 Å². The van der Waals surface area contributed by atoms with Gasteiger partial charge in [0.1, 0.15) is 0 Å². The second-order valence-electron chi connectivity index (χ2n) is 5.98. The molecule has 0 aromatic rings. The Kier molecular flexibility index (Phi) is 4.98. The van der Waals surface area contributed by atoms with Crippen LogP contribution < -0.4 is 0 Å². The smallest absolute Gasteiger partial charge is 0.0386 e. The van der Waals surface area contributed by atoms with Gasteiger partial charge in [-0.1, -0.05) is 53.4 Å². The topological polar surface area (TPSA) is 0 Å². The van der Waals surface area contributed by atoms with Gasteiger partial charge in [-0.3, -0.25) is 0 Å². The summed E-state index contributed by atoms with van der Waals surface area (Å²) >= 11 is 0. The Morgan fingerprint density at radius 2 is 1.79 bits per heavy atom. The SMILES string of the molecule is CC(C)CCCC(C)CC1CCC1C. The van der Waals surface area contributed by atoms with Gasteiger partial charge in [0, 0.05) is 0 Å². The molecule has 0 N–H and O–H groups in total. The Balaban J connectivity index is 2.01. The minimum Gasteiger partial charge on any atom is -0.0628 e. The van der Waals surface area contributed by atoms with E-state index in [-0.39, 0.29) is 0 Å². The lowest BCUT2D eigenvalue weighted by molar-refractivity contribution is 0.157. The summed E-state index contributed by atoms with van der Waals surface area (Å²) in [6, 6.07) is 0. The molecule has 0 bridgehead atoms. The van der Waals surface area contributed by atoms with Gasteiger partial charge in [0.15, 0.2) is 0 Å². The number of hydrogen-bond acceptors (Lipinski definition) is 0. The van der Waals surface area contributed by atoms with Gasteiger partial charge in [-0.15, -0.1) is 0 Å². The van der Waals surface area contributed by atoms with E-state index in [2.05, 4.69) is 27.7 Å². The third-order valence-electron chi connectivity index (χ3n) is 3.98. The molecule has 0 heterocycles. The Morgan fingerprint density at radius 1 is 1.07 bits per heavy atom. The molecule has 0 spiro atoms. The minimum atomic E-state index is 0.893. The van der Waals surface area contributed by atoms with E-state index in [9.17, 15) is 0 Å². The van der Waals surface area contributed by atoms with Gasteiger partial charge in [0.25, 0.3) is 0 Å². The molecule has 3 atom stereocenters. The fourth-order valence-electron chi connectivity index (χ4n) is 2.60. The van der Waals surface area contributed by atoms with Crippen LogP contribution in [-0.4, -0.2) is 0 Å². The van der Waals surface area contributed by atoms with Crippen LogP contribution in [0.4, 0.5) is 0 Å². The molecule has 14 heavy (non-hydrogen) atoms. The van der Waals surface area contributed by atoms with Crippen LogP contribution in [-0.2, 0) is 0 Å². The highest BCUT2D eigenvalue weighted by molar-refractivity contribution is 4.78. The number of hydrogen-bond donors (Lipinski definition) is 0. The van der Waals surface area contributed by atoms with E-state index in [1.807, 2.05) is 0 Å². The van der Waals surface area contributed by atoms with E-state index in [4.69, 9.17) is 0 Å². The summed E-state index contributed by atoms with van der Waals surface area (Å²) in [5, 5.41) is 0. The van der Waals surface area contributed by atoms with Crippen molar-refractivity contribution < 1.29 is 0 Å². The summed E-state index contributed by atoms with van der Waals surface area (Å²) in [6.45, 7) is 9.54. The molecule has 3 unspecified atom stereocenters. The standard InChI is InChI=1S/C14H28/c1-11(2)6-5-7-12(3)10-14-9-8-13(14)4/h11-14H,5-10H2,1-4H3. The first-order chi connectivity index (χ1) is 6.59.